The topological polar surface area (TPSA) is 12.5 Å². The molecule has 1 aliphatic rings. The summed E-state index contributed by atoms with van der Waals surface area (Å²) < 4.78 is 31.5. The van der Waals surface area contributed by atoms with Crippen LogP contribution in [0.1, 0.15) is 25.5 Å². The van der Waals surface area contributed by atoms with Crippen molar-refractivity contribution in [3.05, 3.63) is 35.4 Å². The van der Waals surface area contributed by atoms with Crippen LogP contribution in [0.4, 0.5) is 8.78 Å². The van der Waals surface area contributed by atoms with Gasteiger partial charge < -0.3 is 4.74 Å². The fourth-order valence-corrected chi connectivity index (χ4v) is 2.18. The van der Waals surface area contributed by atoms with Gasteiger partial charge in [0.05, 0.1) is 12.7 Å². The summed E-state index contributed by atoms with van der Waals surface area (Å²) in [5, 5.41) is 0. The highest BCUT2D eigenvalue weighted by molar-refractivity contribution is 5.21. The first-order valence-electron chi connectivity index (χ1n) is 5.88. The van der Waals surface area contributed by atoms with Gasteiger partial charge in [-0.1, -0.05) is 6.07 Å². The summed E-state index contributed by atoms with van der Waals surface area (Å²) in [6, 6.07) is 4.19. The number of halogens is 2. The first kappa shape index (κ1) is 12.5. The van der Waals surface area contributed by atoms with E-state index >= 15 is 0 Å². The molecule has 4 heteroatoms. The van der Waals surface area contributed by atoms with Crippen molar-refractivity contribution in [2.75, 3.05) is 19.7 Å². The Kier molecular flexibility index (Phi) is 3.74. The van der Waals surface area contributed by atoms with E-state index in [-0.39, 0.29) is 12.1 Å². The van der Waals surface area contributed by atoms with Crippen LogP contribution >= 0.6 is 0 Å². The summed E-state index contributed by atoms with van der Waals surface area (Å²) in [6.07, 6.45) is 0.191. The van der Waals surface area contributed by atoms with Crippen molar-refractivity contribution in [3.8, 4) is 0 Å². The summed E-state index contributed by atoms with van der Waals surface area (Å²) >= 11 is 0. The molecule has 2 atom stereocenters. The Bertz CT molecular complexity index is 397. The molecule has 0 amide bonds. The van der Waals surface area contributed by atoms with Gasteiger partial charge in [0.25, 0.3) is 0 Å². The first-order valence-corrected chi connectivity index (χ1v) is 5.88. The molecule has 0 aliphatic carbocycles. The van der Waals surface area contributed by atoms with Crippen molar-refractivity contribution in [3.63, 3.8) is 0 Å². The molecule has 0 aromatic heterocycles. The molecule has 1 fully saturated rings. The largest absolute Gasteiger partial charge is 0.376 e. The second kappa shape index (κ2) is 5.10. The lowest BCUT2D eigenvalue weighted by molar-refractivity contribution is -0.0319. The van der Waals surface area contributed by atoms with E-state index in [0.29, 0.717) is 6.61 Å². The minimum Gasteiger partial charge on any atom is -0.376 e. The molecule has 17 heavy (non-hydrogen) atoms. The van der Waals surface area contributed by atoms with Crippen molar-refractivity contribution in [2.45, 2.75) is 26.0 Å². The molecule has 2 nitrogen and oxygen atoms in total. The van der Waals surface area contributed by atoms with Gasteiger partial charge in [-0.05, 0) is 31.5 Å². The molecule has 1 aromatic carbocycles. The number of hydrogen-bond acceptors (Lipinski definition) is 2. The Morgan fingerprint density at radius 3 is 2.76 bits per heavy atom. The Morgan fingerprint density at radius 1 is 1.35 bits per heavy atom. The van der Waals surface area contributed by atoms with E-state index in [1.807, 2.05) is 13.8 Å². The number of benzene rings is 1. The van der Waals surface area contributed by atoms with Gasteiger partial charge in [-0.3, -0.25) is 4.90 Å². The molecule has 1 unspecified atom stereocenters. The molecule has 1 aromatic rings. The third-order valence-electron chi connectivity index (χ3n) is 3.25. The average Bonchev–Trinajstić information content (AvgIpc) is 2.32. The lowest BCUT2D eigenvalue weighted by atomic mass is 10.1. The van der Waals surface area contributed by atoms with Gasteiger partial charge in [-0.25, -0.2) is 8.78 Å². The van der Waals surface area contributed by atoms with Crippen LogP contribution in [0.5, 0.6) is 0 Å². The Labute approximate surface area is 100 Å². The zero-order chi connectivity index (χ0) is 12.4. The number of rotatable bonds is 2. The molecule has 0 radical (unpaired) electrons. The Balaban J connectivity index is 2.12. The Morgan fingerprint density at radius 2 is 2.12 bits per heavy atom. The predicted octanol–water partition coefficient (Wildman–Crippen LogP) is 2.75. The van der Waals surface area contributed by atoms with E-state index in [0.717, 1.165) is 18.7 Å². The molecule has 0 spiro atoms. The normalized spacial score (nSPS) is 23.6. The minimum absolute atomic E-state index is 0.0800. The molecule has 0 saturated carbocycles. The standard InChI is InChI=1S/C13H17F2NO/c1-9-8-16(5-6-17-9)10(2)11-3-4-12(14)13(15)7-11/h3-4,7,9-10H,5-6,8H2,1-2H3/t9-,10?/m0/s1. The number of nitrogens with zero attached hydrogens (tertiary/aromatic N) is 1. The van der Waals surface area contributed by atoms with E-state index in [2.05, 4.69) is 4.90 Å². The van der Waals surface area contributed by atoms with Crippen molar-refractivity contribution >= 4 is 0 Å². The molecule has 1 saturated heterocycles. The first-order chi connectivity index (χ1) is 8.08. The van der Waals surface area contributed by atoms with Gasteiger partial charge in [0.1, 0.15) is 0 Å². The Hall–Kier alpha value is -1.00. The third kappa shape index (κ3) is 2.82. The van der Waals surface area contributed by atoms with E-state index in [4.69, 9.17) is 4.74 Å². The van der Waals surface area contributed by atoms with Crippen LogP contribution in [0.25, 0.3) is 0 Å². The minimum atomic E-state index is -0.795. The van der Waals surface area contributed by atoms with Crippen LogP contribution < -0.4 is 0 Å². The van der Waals surface area contributed by atoms with Gasteiger partial charge in [0.2, 0.25) is 0 Å². The summed E-state index contributed by atoms with van der Waals surface area (Å²) in [5.41, 5.74) is 0.804. The lowest BCUT2D eigenvalue weighted by Gasteiger charge is -2.35. The van der Waals surface area contributed by atoms with Gasteiger partial charge in [-0.2, -0.15) is 0 Å². The molecular weight excluding hydrogens is 224 g/mol. The zero-order valence-electron chi connectivity index (χ0n) is 10.1. The number of hydrogen-bond donors (Lipinski definition) is 0. The highest BCUT2D eigenvalue weighted by Crippen LogP contribution is 2.23. The number of ether oxygens (including phenoxy) is 1. The SMILES string of the molecule is CC(c1ccc(F)c(F)c1)N1CCO[C@@H](C)C1. The van der Waals surface area contributed by atoms with E-state index in [9.17, 15) is 8.78 Å². The highest BCUT2D eigenvalue weighted by Gasteiger charge is 2.22. The second-order valence-electron chi connectivity index (χ2n) is 4.53. The molecule has 1 heterocycles. The predicted molar refractivity (Wildman–Crippen MR) is 61.8 cm³/mol. The highest BCUT2D eigenvalue weighted by atomic mass is 19.2. The maximum absolute atomic E-state index is 13.2. The number of morpholine rings is 1. The fourth-order valence-electron chi connectivity index (χ4n) is 2.18. The maximum Gasteiger partial charge on any atom is 0.159 e. The van der Waals surface area contributed by atoms with Crippen molar-refractivity contribution in [1.29, 1.82) is 0 Å². The van der Waals surface area contributed by atoms with Crippen LogP contribution in [-0.2, 0) is 4.74 Å². The maximum atomic E-state index is 13.2. The molecular formula is C13H17F2NO. The van der Waals surface area contributed by atoms with Crippen molar-refractivity contribution in [2.24, 2.45) is 0 Å². The molecule has 0 N–H and O–H groups in total. The van der Waals surface area contributed by atoms with Crippen LogP contribution in [-0.4, -0.2) is 30.7 Å². The molecule has 94 valence electrons. The quantitative estimate of drug-likeness (QED) is 0.789. The molecule has 0 bridgehead atoms. The fraction of sp³-hybridized carbons (Fsp3) is 0.538. The van der Waals surface area contributed by atoms with Crippen LogP contribution in [0.2, 0.25) is 0 Å². The zero-order valence-corrected chi connectivity index (χ0v) is 10.1. The van der Waals surface area contributed by atoms with Crippen molar-refractivity contribution in [1.82, 2.24) is 4.90 Å². The van der Waals surface area contributed by atoms with Gasteiger partial charge in [0.15, 0.2) is 11.6 Å². The summed E-state index contributed by atoms with van der Waals surface area (Å²) in [7, 11) is 0. The van der Waals surface area contributed by atoms with Crippen LogP contribution in [0.15, 0.2) is 18.2 Å². The second-order valence-corrected chi connectivity index (χ2v) is 4.53. The monoisotopic (exact) mass is 241 g/mol. The summed E-state index contributed by atoms with van der Waals surface area (Å²) in [6.45, 7) is 6.36. The van der Waals surface area contributed by atoms with E-state index in [1.54, 1.807) is 6.07 Å². The van der Waals surface area contributed by atoms with Crippen molar-refractivity contribution < 1.29 is 13.5 Å². The third-order valence-corrected chi connectivity index (χ3v) is 3.25. The smallest absolute Gasteiger partial charge is 0.159 e. The molecule has 2 rings (SSSR count). The van der Waals surface area contributed by atoms with E-state index in [1.165, 1.54) is 12.1 Å². The van der Waals surface area contributed by atoms with E-state index < -0.39 is 11.6 Å². The van der Waals surface area contributed by atoms with Gasteiger partial charge in [0, 0.05) is 19.1 Å². The van der Waals surface area contributed by atoms with Crippen LogP contribution in [0.3, 0.4) is 0 Å². The van der Waals surface area contributed by atoms with Crippen LogP contribution in [0, 0.1) is 11.6 Å². The lowest BCUT2D eigenvalue weighted by Crippen LogP contribution is -2.42. The average molecular weight is 241 g/mol. The van der Waals surface area contributed by atoms with Gasteiger partial charge in [-0.15, -0.1) is 0 Å². The summed E-state index contributed by atoms with van der Waals surface area (Å²) in [5.74, 6) is -1.58. The van der Waals surface area contributed by atoms with Gasteiger partial charge >= 0.3 is 0 Å². The summed E-state index contributed by atoms with van der Waals surface area (Å²) in [4.78, 5) is 2.22. The molecule has 1 aliphatic heterocycles.